The van der Waals surface area contributed by atoms with E-state index < -0.39 is 42.8 Å². The molecule has 10 nitrogen and oxygen atoms in total. The SMILES string of the molecule is CO[C@H]1C[C@H](N)[C@@H](O[C@H]2O[C@H](CN)CC[C@@H]2O)[C@H](O)[C@@H]1N(C)C(=O)CN. The number of methoxy groups -OCH3 is 1. The lowest BCUT2D eigenvalue weighted by Crippen LogP contribution is -2.66. The van der Waals surface area contributed by atoms with E-state index in [1.165, 1.54) is 12.0 Å². The van der Waals surface area contributed by atoms with E-state index >= 15 is 0 Å². The van der Waals surface area contributed by atoms with Crippen molar-refractivity contribution in [2.24, 2.45) is 17.2 Å². The molecule has 1 aliphatic heterocycles. The number of hydrogen-bond acceptors (Lipinski definition) is 9. The van der Waals surface area contributed by atoms with Gasteiger partial charge in [0.15, 0.2) is 6.29 Å². The van der Waals surface area contributed by atoms with Crippen molar-refractivity contribution in [1.29, 1.82) is 0 Å². The van der Waals surface area contributed by atoms with Gasteiger partial charge in [-0.25, -0.2) is 0 Å². The first kappa shape index (κ1) is 21.5. The Kier molecular flexibility index (Phi) is 7.74. The number of rotatable bonds is 6. The maximum absolute atomic E-state index is 12.0. The van der Waals surface area contributed by atoms with Gasteiger partial charge in [-0.2, -0.15) is 0 Å². The molecule has 0 spiro atoms. The Hall–Kier alpha value is -0.850. The summed E-state index contributed by atoms with van der Waals surface area (Å²) in [7, 11) is 3.05. The third-order valence-corrected chi connectivity index (χ3v) is 5.29. The molecule has 8 N–H and O–H groups in total. The zero-order valence-corrected chi connectivity index (χ0v) is 15.4. The minimum atomic E-state index is -1.13. The Morgan fingerprint density at radius 2 is 2.00 bits per heavy atom. The van der Waals surface area contributed by atoms with Gasteiger partial charge in [0.1, 0.15) is 18.3 Å². The molecule has 10 heteroatoms. The van der Waals surface area contributed by atoms with Crippen molar-refractivity contribution in [3.63, 3.8) is 0 Å². The summed E-state index contributed by atoms with van der Waals surface area (Å²) < 4.78 is 17.0. The number of aliphatic hydroxyl groups is 2. The van der Waals surface area contributed by atoms with Crippen LogP contribution in [0.4, 0.5) is 0 Å². The van der Waals surface area contributed by atoms with Crippen LogP contribution in [0, 0.1) is 0 Å². The molecule has 1 aliphatic carbocycles. The summed E-state index contributed by atoms with van der Waals surface area (Å²) in [5, 5.41) is 21.0. The minimum Gasteiger partial charge on any atom is -0.388 e. The highest BCUT2D eigenvalue weighted by Crippen LogP contribution is 2.30. The first-order chi connectivity index (χ1) is 12.3. The van der Waals surface area contributed by atoms with E-state index in [4.69, 9.17) is 31.4 Å². The van der Waals surface area contributed by atoms with Crippen LogP contribution in [0.2, 0.25) is 0 Å². The summed E-state index contributed by atoms with van der Waals surface area (Å²) in [6.07, 6.45) is -2.92. The molecule has 2 aliphatic rings. The van der Waals surface area contributed by atoms with Gasteiger partial charge in [-0.05, 0) is 19.3 Å². The molecule has 8 atom stereocenters. The molecule has 0 unspecified atom stereocenters. The number of likely N-dealkylation sites (N-methyl/N-ethyl adjacent to an activating group) is 1. The third-order valence-electron chi connectivity index (χ3n) is 5.29. The second-order valence-corrected chi connectivity index (χ2v) is 6.97. The summed E-state index contributed by atoms with van der Waals surface area (Å²) in [5.41, 5.74) is 17.3. The Morgan fingerprint density at radius 3 is 2.58 bits per heavy atom. The highest BCUT2D eigenvalue weighted by atomic mass is 16.7. The van der Waals surface area contributed by atoms with E-state index in [-0.39, 0.29) is 18.6 Å². The highest BCUT2D eigenvalue weighted by Gasteiger charge is 2.48. The van der Waals surface area contributed by atoms with Crippen LogP contribution in [0.25, 0.3) is 0 Å². The monoisotopic (exact) mass is 376 g/mol. The molecule has 2 fully saturated rings. The smallest absolute Gasteiger partial charge is 0.236 e. The molecule has 0 radical (unpaired) electrons. The second kappa shape index (κ2) is 9.38. The lowest BCUT2D eigenvalue weighted by atomic mass is 9.83. The lowest BCUT2D eigenvalue weighted by Gasteiger charge is -2.47. The number of ether oxygens (including phenoxy) is 3. The van der Waals surface area contributed by atoms with Crippen LogP contribution in [-0.4, -0.2) is 97.2 Å². The van der Waals surface area contributed by atoms with Gasteiger partial charge in [0.05, 0.1) is 24.8 Å². The van der Waals surface area contributed by atoms with Crippen molar-refractivity contribution in [2.45, 2.75) is 68.2 Å². The number of carbonyl (C=O) groups excluding carboxylic acids is 1. The first-order valence-corrected chi connectivity index (χ1v) is 8.95. The number of aliphatic hydroxyl groups excluding tert-OH is 2. The van der Waals surface area contributed by atoms with Crippen LogP contribution in [0.3, 0.4) is 0 Å². The summed E-state index contributed by atoms with van der Waals surface area (Å²) in [4.78, 5) is 13.4. The van der Waals surface area contributed by atoms with E-state index in [0.717, 1.165) is 0 Å². The number of nitrogens with two attached hydrogens (primary N) is 3. The molecular weight excluding hydrogens is 344 g/mol. The highest BCUT2D eigenvalue weighted by molar-refractivity contribution is 5.78. The lowest BCUT2D eigenvalue weighted by molar-refractivity contribution is -0.279. The summed E-state index contributed by atoms with van der Waals surface area (Å²) in [6, 6.07) is -1.23. The van der Waals surface area contributed by atoms with Crippen molar-refractivity contribution in [1.82, 2.24) is 4.90 Å². The molecule has 0 bridgehead atoms. The predicted octanol–water partition coefficient (Wildman–Crippen LogP) is -2.91. The molecule has 0 aromatic carbocycles. The molecule has 152 valence electrons. The van der Waals surface area contributed by atoms with Crippen LogP contribution in [0.1, 0.15) is 19.3 Å². The molecular formula is C16H32N4O6. The van der Waals surface area contributed by atoms with Gasteiger partial charge in [-0.1, -0.05) is 0 Å². The van der Waals surface area contributed by atoms with Crippen molar-refractivity contribution in [3.05, 3.63) is 0 Å². The van der Waals surface area contributed by atoms with Crippen molar-refractivity contribution >= 4 is 5.91 Å². The van der Waals surface area contributed by atoms with E-state index in [2.05, 4.69) is 0 Å². The number of amides is 1. The zero-order valence-electron chi connectivity index (χ0n) is 15.4. The molecule has 0 aromatic heterocycles. The predicted molar refractivity (Wildman–Crippen MR) is 92.8 cm³/mol. The molecule has 2 rings (SSSR count). The van der Waals surface area contributed by atoms with Gasteiger partial charge in [0, 0.05) is 26.7 Å². The zero-order chi connectivity index (χ0) is 19.4. The normalized spacial score (nSPS) is 41.0. The fraction of sp³-hybridized carbons (Fsp3) is 0.938. The van der Waals surface area contributed by atoms with Gasteiger partial charge >= 0.3 is 0 Å². The molecule has 1 heterocycles. The average molecular weight is 376 g/mol. The Labute approximate surface area is 153 Å². The quantitative estimate of drug-likeness (QED) is 0.326. The largest absolute Gasteiger partial charge is 0.388 e. The van der Waals surface area contributed by atoms with Gasteiger partial charge in [0.2, 0.25) is 5.91 Å². The average Bonchev–Trinajstić information content (AvgIpc) is 2.64. The third kappa shape index (κ3) is 4.52. The van der Waals surface area contributed by atoms with Crippen LogP contribution < -0.4 is 17.2 Å². The molecule has 1 saturated carbocycles. The van der Waals surface area contributed by atoms with Crippen LogP contribution in [0.5, 0.6) is 0 Å². The van der Waals surface area contributed by atoms with Gasteiger partial charge in [-0.15, -0.1) is 0 Å². The van der Waals surface area contributed by atoms with E-state index in [1.54, 1.807) is 7.05 Å². The summed E-state index contributed by atoms with van der Waals surface area (Å²) in [6.45, 7) is 0.129. The van der Waals surface area contributed by atoms with Crippen LogP contribution >= 0.6 is 0 Å². The minimum absolute atomic E-state index is 0.184. The van der Waals surface area contributed by atoms with E-state index in [0.29, 0.717) is 25.8 Å². The van der Waals surface area contributed by atoms with Gasteiger partial charge < -0.3 is 46.5 Å². The first-order valence-electron chi connectivity index (χ1n) is 8.95. The molecule has 1 amide bonds. The standard InChI is InChI=1S/C16H32N4O6/c1-20(12(22)7-18)13-11(24-2)5-9(19)15(14(13)23)26-16-10(21)4-3-8(6-17)25-16/h8-11,13-16,21,23H,3-7,17-19H2,1-2H3/t8-,9-,10-,11-,13+,14+,15+,16+/m0/s1. The van der Waals surface area contributed by atoms with E-state index in [1.807, 2.05) is 0 Å². The molecule has 1 saturated heterocycles. The van der Waals surface area contributed by atoms with Crippen molar-refractivity contribution in [3.8, 4) is 0 Å². The summed E-state index contributed by atoms with van der Waals surface area (Å²) in [5.74, 6) is -0.331. The topological polar surface area (TPSA) is 167 Å². The Bertz CT molecular complexity index is 470. The maximum atomic E-state index is 12.0. The fourth-order valence-corrected chi connectivity index (χ4v) is 3.71. The van der Waals surface area contributed by atoms with Crippen molar-refractivity contribution < 1.29 is 29.2 Å². The Morgan fingerprint density at radius 1 is 1.31 bits per heavy atom. The number of nitrogens with zero attached hydrogens (tertiary/aromatic N) is 1. The van der Waals surface area contributed by atoms with Gasteiger partial charge in [0.25, 0.3) is 0 Å². The van der Waals surface area contributed by atoms with Gasteiger partial charge in [-0.3, -0.25) is 4.79 Å². The Balaban J connectivity index is 2.15. The second-order valence-electron chi connectivity index (χ2n) is 6.97. The molecule has 0 aromatic rings. The van der Waals surface area contributed by atoms with Crippen LogP contribution in [0.15, 0.2) is 0 Å². The fourth-order valence-electron chi connectivity index (χ4n) is 3.71. The number of hydrogen-bond donors (Lipinski definition) is 5. The van der Waals surface area contributed by atoms with Crippen molar-refractivity contribution in [2.75, 3.05) is 27.2 Å². The summed E-state index contributed by atoms with van der Waals surface area (Å²) >= 11 is 0. The number of carbonyl (C=O) groups is 1. The van der Waals surface area contributed by atoms with Crippen LogP contribution in [-0.2, 0) is 19.0 Å². The molecule has 26 heavy (non-hydrogen) atoms. The van der Waals surface area contributed by atoms with E-state index in [9.17, 15) is 15.0 Å². The maximum Gasteiger partial charge on any atom is 0.236 e.